The molecule has 1 heterocycles. The Morgan fingerprint density at radius 1 is 1.17 bits per heavy atom. The molecule has 6 unspecified atom stereocenters. The van der Waals surface area contributed by atoms with Crippen LogP contribution in [0.2, 0.25) is 0 Å². The van der Waals surface area contributed by atoms with Crippen molar-refractivity contribution in [2.75, 3.05) is 14.1 Å². The van der Waals surface area contributed by atoms with Crippen molar-refractivity contribution in [3.63, 3.8) is 0 Å². The van der Waals surface area contributed by atoms with Crippen molar-refractivity contribution >= 4 is 17.9 Å². The number of aliphatic hydroxyl groups is 1. The van der Waals surface area contributed by atoms with Crippen LogP contribution in [0.5, 0.6) is 0 Å². The number of nitrogens with one attached hydrogen (secondary N) is 1. The maximum Gasteiger partial charge on any atom is 0.303 e. The van der Waals surface area contributed by atoms with Crippen molar-refractivity contribution in [2.45, 2.75) is 96.7 Å². The van der Waals surface area contributed by atoms with Gasteiger partial charge in [-0.15, -0.1) is 0 Å². The zero-order chi connectivity index (χ0) is 26.0. The minimum Gasteiger partial charge on any atom is -0.481 e. The van der Waals surface area contributed by atoms with Crippen LogP contribution >= 0.6 is 0 Å². The normalized spacial score (nSPS) is 46.5. The summed E-state index contributed by atoms with van der Waals surface area (Å²) in [5, 5.41) is 24.1. The maximum absolute atomic E-state index is 11.8. The average molecular weight is 502 g/mol. The molecule has 0 amide bonds. The third-order valence-electron chi connectivity index (χ3n) is 11.7. The number of carbonyl (C=O) groups is 1. The Morgan fingerprint density at radius 3 is 2.61 bits per heavy atom. The van der Waals surface area contributed by atoms with E-state index in [4.69, 9.17) is 15.7 Å². The standard InChI is InChI=1S/C28H47N5O3/c1-16(6-11-23(35)36)19-9-10-20-18-8-7-17-15-28(31-24(29)30-25(32-28)33(4)5)13-12-26(17,2)21(18)14-22(34)27(19,20)3/h16-22,34H,6-15H2,1-5H3,(H,35,36)(H3,29,30,31,32)/t16?,17?,18?,19-,20?,21?,22+,26+,27-,28?/m1/s1. The number of hydrogen-bond donors (Lipinski definition) is 4. The van der Waals surface area contributed by atoms with Crippen molar-refractivity contribution < 1.29 is 15.0 Å². The van der Waals surface area contributed by atoms with Crippen LogP contribution in [0, 0.1) is 46.3 Å². The van der Waals surface area contributed by atoms with Gasteiger partial charge in [0.15, 0.2) is 11.6 Å². The van der Waals surface area contributed by atoms with Gasteiger partial charge in [0.05, 0.1) is 6.10 Å². The molecule has 0 bridgehead atoms. The predicted molar refractivity (Wildman–Crippen MR) is 141 cm³/mol. The van der Waals surface area contributed by atoms with Crippen LogP contribution in [0.15, 0.2) is 9.98 Å². The fourth-order valence-corrected chi connectivity index (χ4v) is 9.73. The fraction of sp³-hybridized carbons (Fsp3) is 0.893. The molecule has 0 radical (unpaired) electrons. The second-order valence-electron chi connectivity index (χ2n) is 13.5. The van der Waals surface area contributed by atoms with E-state index in [1.165, 1.54) is 19.3 Å². The molecule has 0 saturated heterocycles. The molecule has 0 aromatic rings. The Morgan fingerprint density at radius 2 is 1.92 bits per heavy atom. The smallest absolute Gasteiger partial charge is 0.303 e. The molecule has 4 aliphatic carbocycles. The van der Waals surface area contributed by atoms with E-state index in [1.54, 1.807) is 0 Å². The van der Waals surface area contributed by atoms with Crippen molar-refractivity contribution in [2.24, 2.45) is 62.1 Å². The molecule has 8 heteroatoms. The number of aliphatic carboxylic acids is 1. The molecule has 4 fully saturated rings. The third-order valence-corrected chi connectivity index (χ3v) is 11.7. The first-order valence-electron chi connectivity index (χ1n) is 14.2. The molecule has 5 rings (SSSR count). The van der Waals surface area contributed by atoms with Gasteiger partial charge in [-0.1, -0.05) is 20.8 Å². The summed E-state index contributed by atoms with van der Waals surface area (Å²) >= 11 is 0. The van der Waals surface area contributed by atoms with E-state index >= 15 is 0 Å². The van der Waals surface area contributed by atoms with Gasteiger partial charge in [-0.3, -0.25) is 10.1 Å². The molecular weight excluding hydrogens is 454 g/mol. The Balaban J connectivity index is 1.37. The zero-order valence-electron chi connectivity index (χ0n) is 22.8. The zero-order valence-corrected chi connectivity index (χ0v) is 22.8. The number of aliphatic imine (C=N–C) groups is 2. The average Bonchev–Trinajstić information content (AvgIpc) is 3.17. The lowest BCUT2D eigenvalue weighted by Gasteiger charge is -2.63. The maximum atomic E-state index is 11.8. The summed E-state index contributed by atoms with van der Waals surface area (Å²) in [5.41, 5.74) is 5.83. The summed E-state index contributed by atoms with van der Waals surface area (Å²) < 4.78 is 0. The molecule has 0 aromatic heterocycles. The fourth-order valence-electron chi connectivity index (χ4n) is 9.73. The summed E-state index contributed by atoms with van der Waals surface area (Å²) in [6.45, 7) is 7.04. The van der Waals surface area contributed by atoms with Crippen LogP contribution in [0.4, 0.5) is 0 Å². The topological polar surface area (TPSA) is 124 Å². The number of rotatable bonds is 4. The van der Waals surface area contributed by atoms with Crippen molar-refractivity contribution in [1.82, 2.24) is 10.2 Å². The molecule has 10 atom stereocenters. The Labute approximate surface area is 216 Å². The summed E-state index contributed by atoms with van der Waals surface area (Å²) in [6, 6.07) is 0. The lowest BCUT2D eigenvalue weighted by atomic mass is 9.43. The second-order valence-corrected chi connectivity index (χ2v) is 13.5. The molecule has 8 nitrogen and oxygen atoms in total. The molecular formula is C28H47N5O3. The molecule has 5 N–H and O–H groups in total. The second kappa shape index (κ2) is 8.88. The van der Waals surface area contributed by atoms with Gasteiger partial charge in [-0.2, -0.15) is 0 Å². The van der Waals surface area contributed by atoms with Crippen LogP contribution < -0.4 is 11.1 Å². The first-order chi connectivity index (χ1) is 16.9. The van der Waals surface area contributed by atoms with E-state index in [0.29, 0.717) is 47.9 Å². The number of aliphatic hydroxyl groups excluding tert-OH is 1. The molecule has 36 heavy (non-hydrogen) atoms. The lowest BCUT2D eigenvalue weighted by Crippen LogP contribution is -2.60. The third kappa shape index (κ3) is 3.93. The summed E-state index contributed by atoms with van der Waals surface area (Å²) in [6.07, 6.45) is 9.08. The van der Waals surface area contributed by atoms with Crippen LogP contribution in [0.3, 0.4) is 0 Å². The number of hydrogen-bond acceptors (Lipinski definition) is 7. The quantitative estimate of drug-likeness (QED) is 0.466. The largest absolute Gasteiger partial charge is 0.481 e. The van der Waals surface area contributed by atoms with Crippen molar-refractivity contribution in [1.29, 1.82) is 0 Å². The van der Waals surface area contributed by atoms with Gasteiger partial charge < -0.3 is 20.8 Å². The highest BCUT2D eigenvalue weighted by Crippen LogP contribution is 2.69. The molecule has 4 saturated carbocycles. The summed E-state index contributed by atoms with van der Waals surface area (Å²) in [5.74, 6) is 3.50. The molecule has 1 aliphatic heterocycles. The van der Waals surface area contributed by atoms with Crippen LogP contribution in [-0.2, 0) is 4.79 Å². The molecule has 202 valence electrons. The summed E-state index contributed by atoms with van der Waals surface area (Å²) in [7, 11) is 3.96. The number of nitrogens with two attached hydrogens (primary N) is 1. The minimum absolute atomic E-state index is 0.100. The van der Waals surface area contributed by atoms with E-state index in [2.05, 4.69) is 26.1 Å². The van der Waals surface area contributed by atoms with Crippen LogP contribution in [0.1, 0.15) is 85.0 Å². The number of guanidine groups is 2. The van der Waals surface area contributed by atoms with E-state index in [1.807, 2.05) is 19.0 Å². The van der Waals surface area contributed by atoms with Crippen LogP contribution in [-0.4, -0.2) is 58.9 Å². The van der Waals surface area contributed by atoms with Gasteiger partial charge in [0.2, 0.25) is 5.96 Å². The van der Waals surface area contributed by atoms with Gasteiger partial charge in [-0.05, 0) is 104 Å². The number of fused-ring (bicyclic) bond motifs is 5. The molecule has 1 spiro atoms. The van der Waals surface area contributed by atoms with Gasteiger partial charge in [0.25, 0.3) is 0 Å². The first kappa shape index (κ1) is 25.8. The number of carboxylic acid groups (broad SMARTS) is 1. The Bertz CT molecular complexity index is 951. The van der Waals surface area contributed by atoms with E-state index in [9.17, 15) is 15.0 Å². The van der Waals surface area contributed by atoms with E-state index in [0.717, 1.165) is 38.1 Å². The summed E-state index contributed by atoms with van der Waals surface area (Å²) in [4.78, 5) is 23.1. The van der Waals surface area contributed by atoms with E-state index < -0.39 is 11.6 Å². The minimum atomic E-state index is -0.714. The molecule has 0 aromatic carbocycles. The monoisotopic (exact) mass is 501 g/mol. The number of nitrogens with zero attached hydrogens (tertiary/aromatic N) is 3. The van der Waals surface area contributed by atoms with Gasteiger partial charge in [-0.25, -0.2) is 9.98 Å². The predicted octanol–water partition coefficient (Wildman–Crippen LogP) is 3.65. The van der Waals surface area contributed by atoms with Crippen LogP contribution in [0.25, 0.3) is 0 Å². The van der Waals surface area contributed by atoms with E-state index in [-0.39, 0.29) is 23.4 Å². The Kier molecular flexibility index (Phi) is 6.37. The van der Waals surface area contributed by atoms with Gasteiger partial charge >= 0.3 is 5.97 Å². The van der Waals surface area contributed by atoms with Crippen molar-refractivity contribution in [3.05, 3.63) is 0 Å². The lowest BCUT2D eigenvalue weighted by molar-refractivity contribution is -0.172. The first-order valence-corrected chi connectivity index (χ1v) is 14.2. The SMILES string of the molecule is CC(CCC(=O)O)[C@H]1CCC2C3CCC4CC5(CC[C@]4(C)C3C[C@H](O)[C@@]21C)N=C(N)NC(N(C)C)=N5. The highest BCUT2D eigenvalue weighted by atomic mass is 16.4. The highest BCUT2D eigenvalue weighted by Gasteiger charge is 2.64. The van der Waals surface area contributed by atoms with Gasteiger partial charge in [0, 0.05) is 20.5 Å². The Hall–Kier alpha value is -1.83. The number of carboxylic acids is 1. The molecule has 5 aliphatic rings. The van der Waals surface area contributed by atoms with Gasteiger partial charge in [0.1, 0.15) is 0 Å². The van der Waals surface area contributed by atoms with Crippen molar-refractivity contribution in [3.8, 4) is 0 Å². The highest BCUT2D eigenvalue weighted by molar-refractivity contribution is 5.99.